The summed E-state index contributed by atoms with van der Waals surface area (Å²) in [7, 11) is 0. The van der Waals surface area contributed by atoms with Crippen LogP contribution in [-0.2, 0) is 6.54 Å². The zero-order valence-electron chi connectivity index (χ0n) is 12.1. The van der Waals surface area contributed by atoms with Crippen molar-refractivity contribution >= 4 is 0 Å². The van der Waals surface area contributed by atoms with Crippen LogP contribution in [-0.4, -0.2) is 35.1 Å². The van der Waals surface area contributed by atoms with E-state index < -0.39 is 0 Å². The Morgan fingerprint density at radius 2 is 2.26 bits per heavy atom. The molecule has 1 aromatic heterocycles. The molecule has 1 N–H and O–H groups in total. The van der Waals surface area contributed by atoms with E-state index in [9.17, 15) is 4.39 Å². The second-order valence-electron chi connectivity index (χ2n) is 6.03. The fraction of sp³-hybridized carbons (Fsp3) is 0.667. The van der Waals surface area contributed by atoms with Crippen molar-refractivity contribution in [2.75, 3.05) is 13.1 Å². The smallest absolute Gasteiger partial charge is 0.141 e. The first-order valence-electron chi connectivity index (χ1n) is 7.11. The van der Waals surface area contributed by atoms with Crippen LogP contribution in [0.1, 0.15) is 32.8 Å². The molecule has 1 aliphatic heterocycles. The minimum atomic E-state index is -0.249. The molecule has 0 amide bonds. The fourth-order valence-corrected chi connectivity index (χ4v) is 2.78. The third-order valence-corrected chi connectivity index (χ3v) is 3.62. The Kier molecular flexibility index (Phi) is 4.88. The van der Waals surface area contributed by atoms with Crippen LogP contribution in [0.2, 0.25) is 0 Å². The molecule has 1 saturated heterocycles. The topological polar surface area (TPSA) is 28.2 Å². The van der Waals surface area contributed by atoms with Gasteiger partial charge in [0.2, 0.25) is 0 Å². The van der Waals surface area contributed by atoms with E-state index in [-0.39, 0.29) is 5.82 Å². The van der Waals surface area contributed by atoms with Gasteiger partial charge in [-0.05, 0) is 30.9 Å². The minimum absolute atomic E-state index is 0.249. The molecule has 1 aromatic rings. The number of piperazine rings is 1. The Hall–Kier alpha value is -1.00. The predicted molar refractivity (Wildman–Crippen MR) is 75.3 cm³/mol. The van der Waals surface area contributed by atoms with Gasteiger partial charge < -0.3 is 5.32 Å². The Morgan fingerprint density at radius 3 is 2.95 bits per heavy atom. The van der Waals surface area contributed by atoms with E-state index in [2.05, 4.69) is 36.0 Å². The highest BCUT2D eigenvalue weighted by atomic mass is 19.1. The van der Waals surface area contributed by atoms with Gasteiger partial charge in [-0.25, -0.2) is 4.39 Å². The molecule has 0 bridgehead atoms. The largest absolute Gasteiger partial charge is 0.311 e. The van der Waals surface area contributed by atoms with E-state index >= 15 is 0 Å². The summed E-state index contributed by atoms with van der Waals surface area (Å²) in [6.07, 6.45) is 4.19. The molecule has 0 aromatic carbocycles. The minimum Gasteiger partial charge on any atom is -0.311 e. The lowest BCUT2D eigenvalue weighted by molar-refractivity contribution is 0.111. The normalized spacial score (nSPS) is 24.9. The number of rotatable bonds is 4. The first-order valence-corrected chi connectivity index (χ1v) is 7.11. The third kappa shape index (κ3) is 4.25. The van der Waals surface area contributed by atoms with Gasteiger partial charge in [0.05, 0.1) is 6.20 Å². The van der Waals surface area contributed by atoms with E-state index in [1.54, 1.807) is 12.3 Å². The van der Waals surface area contributed by atoms with Gasteiger partial charge in [-0.3, -0.25) is 9.88 Å². The summed E-state index contributed by atoms with van der Waals surface area (Å²) in [5.41, 5.74) is 0.961. The lowest BCUT2D eigenvalue weighted by atomic mass is 9.99. The van der Waals surface area contributed by atoms with Crippen LogP contribution in [0.25, 0.3) is 0 Å². The molecule has 3 nitrogen and oxygen atoms in total. The van der Waals surface area contributed by atoms with Crippen LogP contribution in [0.5, 0.6) is 0 Å². The van der Waals surface area contributed by atoms with Gasteiger partial charge in [-0.15, -0.1) is 0 Å². The van der Waals surface area contributed by atoms with Crippen molar-refractivity contribution in [2.24, 2.45) is 5.92 Å². The summed E-state index contributed by atoms with van der Waals surface area (Å²) in [4.78, 5) is 6.39. The van der Waals surface area contributed by atoms with Gasteiger partial charge in [-0.1, -0.05) is 13.8 Å². The molecule has 4 heteroatoms. The zero-order chi connectivity index (χ0) is 13.8. The SMILES string of the molecule is CC(C)CC1CNC(C)CN1Cc1cncc(F)c1. The van der Waals surface area contributed by atoms with Crippen molar-refractivity contribution in [3.63, 3.8) is 0 Å². The molecule has 1 fully saturated rings. The number of nitrogens with zero attached hydrogens (tertiary/aromatic N) is 2. The van der Waals surface area contributed by atoms with E-state index in [1.807, 2.05) is 0 Å². The number of aromatic nitrogens is 1. The number of halogens is 1. The quantitative estimate of drug-likeness (QED) is 0.906. The number of hydrogen-bond donors (Lipinski definition) is 1. The first kappa shape index (κ1) is 14.4. The summed E-state index contributed by atoms with van der Waals surface area (Å²) in [5.74, 6) is 0.425. The number of pyridine rings is 1. The second-order valence-corrected chi connectivity index (χ2v) is 6.03. The molecule has 0 aliphatic carbocycles. The van der Waals surface area contributed by atoms with Crippen molar-refractivity contribution in [1.29, 1.82) is 0 Å². The number of hydrogen-bond acceptors (Lipinski definition) is 3. The van der Waals surface area contributed by atoms with E-state index in [1.165, 1.54) is 12.6 Å². The van der Waals surface area contributed by atoms with Crippen LogP contribution in [0.15, 0.2) is 18.5 Å². The second kappa shape index (κ2) is 6.44. The molecule has 2 rings (SSSR count). The Balaban J connectivity index is 2.05. The highest BCUT2D eigenvalue weighted by Crippen LogP contribution is 2.18. The molecule has 0 radical (unpaired) electrons. The maximum absolute atomic E-state index is 13.2. The van der Waals surface area contributed by atoms with Crippen molar-refractivity contribution in [1.82, 2.24) is 15.2 Å². The molecular formula is C15H24FN3. The lowest BCUT2D eigenvalue weighted by Crippen LogP contribution is -2.55. The summed E-state index contributed by atoms with van der Waals surface area (Å²) in [5, 5.41) is 3.53. The van der Waals surface area contributed by atoms with Crippen LogP contribution in [0.3, 0.4) is 0 Å². The average molecular weight is 265 g/mol. The van der Waals surface area contributed by atoms with Gasteiger partial charge in [0.25, 0.3) is 0 Å². The van der Waals surface area contributed by atoms with Gasteiger partial charge >= 0.3 is 0 Å². The summed E-state index contributed by atoms with van der Waals surface area (Å²) < 4.78 is 13.2. The van der Waals surface area contributed by atoms with Crippen LogP contribution < -0.4 is 5.32 Å². The van der Waals surface area contributed by atoms with Gasteiger partial charge in [0, 0.05) is 37.9 Å². The van der Waals surface area contributed by atoms with Crippen LogP contribution in [0.4, 0.5) is 4.39 Å². The average Bonchev–Trinajstić information content (AvgIpc) is 2.32. The molecule has 106 valence electrons. The lowest BCUT2D eigenvalue weighted by Gasteiger charge is -2.40. The van der Waals surface area contributed by atoms with Gasteiger partial charge in [-0.2, -0.15) is 0 Å². The van der Waals surface area contributed by atoms with E-state index in [0.717, 1.165) is 25.2 Å². The van der Waals surface area contributed by atoms with E-state index in [0.29, 0.717) is 18.0 Å². The standard InChI is InChI=1S/C15H24FN3/c1-11(2)4-15-8-18-12(3)9-19(15)10-13-5-14(16)7-17-6-13/h5-7,11-12,15,18H,4,8-10H2,1-3H3. The highest BCUT2D eigenvalue weighted by molar-refractivity contribution is 5.10. The van der Waals surface area contributed by atoms with Crippen LogP contribution in [0, 0.1) is 11.7 Å². The summed E-state index contributed by atoms with van der Waals surface area (Å²) in [6, 6.07) is 2.61. The number of nitrogens with one attached hydrogen (secondary N) is 1. The molecule has 1 aliphatic rings. The van der Waals surface area contributed by atoms with Crippen LogP contribution >= 0.6 is 0 Å². The monoisotopic (exact) mass is 265 g/mol. The maximum Gasteiger partial charge on any atom is 0.141 e. The van der Waals surface area contributed by atoms with Crippen molar-refractivity contribution in [3.05, 3.63) is 29.8 Å². The Labute approximate surface area is 115 Å². The molecular weight excluding hydrogens is 241 g/mol. The molecule has 0 saturated carbocycles. The molecule has 2 atom stereocenters. The van der Waals surface area contributed by atoms with Crippen molar-refractivity contribution in [3.8, 4) is 0 Å². The molecule has 2 unspecified atom stereocenters. The highest BCUT2D eigenvalue weighted by Gasteiger charge is 2.26. The van der Waals surface area contributed by atoms with Crippen molar-refractivity contribution < 1.29 is 4.39 Å². The summed E-state index contributed by atoms with van der Waals surface area (Å²) in [6.45, 7) is 9.51. The first-order chi connectivity index (χ1) is 9.04. The van der Waals surface area contributed by atoms with E-state index in [4.69, 9.17) is 0 Å². The predicted octanol–water partition coefficient (Wildman–Crippen LogP) is 2.43. The van der Waals surface area contributed by atoms with Crippen molar-refractivity contribution in [2.45, 2.75) is 45.8 Å². The molecule has 19 heavy (non-hydrogen) atoms. The Morgan fingerprint density at radius 1 is 1.47 bits per heavy atom. The molecule has 0 spiro atoms. The summed E-state index contributed by atoms with van der Waals surface area (Å²) >= 11 is 0. The van der Waals surface area contributed by atoms with Gasteiger partial charge in [0.15, 0.2) is 0 Å². The Bertz CT molecular complexity index is 408. The van der Waals surface area contributed by atoms with Gasteiger partial charge in [0.1, 0.15) is 5.82 Å². The third-order valence-electron chi connectivity index (χ3n) is 3.62. The zero-order valence-corrected chi connectivity index (χ0v) is 12.1. The molecule has 2 heterocycles. The fourth-order valence-electron chi connectivity index (χ4n) is 2.78. The maximum atomic E-state index is 13.2.